The Kier molecular flexibility index (Phi) is 13.5. The summed E-state index contributed by atoms with van der Waals surface area (Å²) >= 11 is 3.65. The molecule has 1 atom stereocenters. The summed E-state index contributed by atoms with van der Waals surface area (Å²) in [7, 11) is 1.63. The maximum Gasteiger partial charge on any atom is 0.254 e. The van der Waals surface area contributed by atoms with E-state index in [1.807, 2.05) is 24.8 Å². The van der Waals surface area contributed by atoms with Gasteiger partial charge < -0.3 is 29.3 Å². The summed E-state index contributed by atoms with van der Waals surface area (Å²) in [4.78, 5) is 30.5. The van der Waals surface area contributed by atoms with Crippen molar-refractivity contribution in [2.24, 2.45) is 0 Å². The Morgan fingerprint density at radius 1 is 1.17 bits per heavy atom. The van der Waals surface area contributed by atoms with Crippen LogP contribution in [0.3, 0.4) is 0 Å². The van der Waals surface area contributed by atoms with Gasteiger partial charge in [-0.1, -0.05) is 15.9 Å². The van der Waals surface area contributed by atoms with Gasteiger partial charge in [0.05, 0.1) is 26.2 Å². The van der Waals surface area contributed by atoms with E-state index in [0.717, 1.165) is 31.5 Å². The molecular weight excluding hydrogens is 629 g/mol. The van der Waals surface area contributed by atoms with Gasteiger partial charge in [0.2, 0.25) is 5.91 Å². The average molecular weight is 671 g/mol. The highest BCUT2D eigenvalue weighted by atomic mass is 79.9. The summed E-state index contributed by atoms with van der Waals surface area (Å²) in [5.41, 5.74) is 1.94. The first-order valence-corrected chi connectivity index (χ1v) is 15.2. The Balaban J connectivity index is 0.00000484. The molecule has 0 bridgehead atoms. The van der Waals surface area contributed by atoms with Crippen molar-refractivity contribution in [3.8, 4) is 16.9 Å². The molecule has 2 aromatic rings. The molecule has 0 aliphatic carbocycles. The zero-order valence-electron chi connectivity index (χ0n) is 24.6. The molecule has 0 saturated carbocycles. The molecule has 2 fully saturated rings. The van der Waals surface area contributed by atoms with Crippen LogP contribution in [0.15, 0.2) is 34.8 Å². The van der Waals surface area contributed by atoms with Crippen molar-refractivity contribution in [1.82, 2.24) is 15.1 Å². The minimum absolute atomic E-state index is 0. The number of piperidine rings is 1. The van der Waals surface area contributed by atoms with Gasteiger partial charge in [-0.25, -0.2) is 4.39 Å². The standard InChI is InChI=1S/C31H41BrFN3O5.ClH/c1-21(2)36(24-6-4-9-34-20-24)30(37)18-23-17-29(41-13-5-12-39-3)26(19-27(23)32)25-16-22(7-8-28(25)33)31(38)35-10-14-40-15-11-35;/h7-8,16-17,19,21,24,34H,4-6,9-15,18,20H2,1-3H3;1H/t24-;/m1./s1. The summed E-state index contributed by atoms with van der Waals surface area (Å²) in [6.07, 6.45) is 2.84. The first-order valence-electron chi connectivity index (χ1n) is 14.4. The topological polar surface area (TPSA) is 80.3 Å². The van der Waals surface area contributed by atoms with Crippen LogP contribution in [0, 0.1) is 5.82 Å². The number of carbonyl (C=O) groups is 2. The summed E-state index contributed by atoms with van der Waals surface area (Å²) in [6, 6.07) is 8.24. The quantitative estimate of drug-likeness (QED) is 0.336. The van der Waals surface area contributed by atoms with Crippen LogP contribution in [0.2, 0.25) is 0 Å². The number of halogens is 3. The van der Waals surface area contributed by atoms with Crippen LogP contribution in [0.4, 0.5) is 4.39 Å². The lowest BCUT2D eigenvalue weighted by molar-refractivity contribution is -0.135. The molecule has 2 aliphatic heterocycles. The van der Waals surface area contributed by atoms with Gasteiger partial charge in [0, 0.05) is 73.0 Å². The summed E-state index contributed by atoms with van der Waals surface area (Å²) in [5.74, 6) is -0.129. The van der Waals surface area contributed by atoms with Crippen molar-refractivity contribution in [3.05, 3.63) is 51.7 Å². The third-order valence-corrected chi connectivity index (χ3v) is 8.29. The zero-order chi connectivity index (χ0) is 29.4. The molecule has 0 radical (unpaired) electrons. The molecule has 1 N–H and O–H groups in total. The van der Waals surface area contributed by atoms with E-state index < -0.39 is 5.82 Å². The number of morpholine rings is 1. The fraction of sp³-hybridized carbons (Fsp3) is 0.548. The number of hydrogen-bond donors (Lipinski definition) is 1. The molecule has 0 aromatic heterocycles. The third kappa shape index (κ3) is 8.66. The van der Waals surface area contributed by atoms with Gasteiger partial charge in [0.25, 0.3) is 5.91 Å². The van der Waals surface area contributed by atoms with Crippen LogP contribution < -0.4 is 10.1 Å². The van der Waals surface area contributed by atoms with Crippen molar-refractivity contribution < 1.29 is 28.2 Å². The van der Waals surface area contributed by atoms with Crippen molar-refractivity contribution in [1.29, 1.82) is 0 Å². The van der Waals surface area contributed by atoms with E-state index in [0.29, 0.717) is 67.3 Å². The maximum absolute atomic E-state index is 15.3. The number of ether oxygens (including phenoxy) is 3. The van der Waals surface area contributed by atoms with Gasteiger partial charge in [0.1, 0.15) is 11.6 Å². The lowest BCUT2D eigenvalue weighted by atomic mass is 9.97. The highest BCUT2D eigenvalue weighted by molar-refractivity contribution is 9.10. The second-order valence-electron chi connectivity index (χ2n) is 10.8. The monoisotopic (exact) mass is 669 g/mol. The number of nitrogens with zero attached hydrogens (tertiary/aromatic N) is 2. The molecule has 2 saturated heterocycles. The Labute approximate surface area is 262 Å². The van der Waals surface area contributed by atoms with Crippen LogP contribution >= 0.6 is 28.3 Å². The van der Waals surface area contributed by atoms with Crippen LogP contribution in [0.5, 0.6) is 5.75 Å². The Hall–Kier alpha value is -2.24. The van der Waals surface area contributed by atoms with E-state index in [4.69, 9.17) is 14.2 Å². The van der Waals surface area contributed by atoms with Gasteiger partial charge in [-0.15, -0.1) is 12.4 Å². The number of benzene rings is 2. The minimum Gasteiger partial charge on any atom is -0.493 e. The normalized spacial score (nSPS) is 17.1. The largest absolute Gasteiger partial charge is 0.493 e. The van der Waals surface area contributed by atoms with Crippen molar-refractivity contribution in [2.75, 3.05) is 59.7 Å². The Morgan fingerprint density at radius 2 is 1.93 bits per heavy atom. The molecule has 0 spiro atoms. The highest BCUT2D eigenvalue weighted by Gasteiger charge is 2.28. The predicted molar refractivity (Wildman–Crippen MR) is 167 cm³/mol. The van der Waals surface area contributed by atoms with Crippen LogP contribution in [0.25, 0.3) is 11.1 Å². The lowest BCUT2D eigenvalue weighted by Gasteiger charge is -2.38. The molecule has 4 rings (SSSR count). The molecule has 2 heterocycles. The van der Waals surface area contributed by atoms with Gasteiger partial charge in [0.15, 0.2) is 0 Å². The summed E-state index contributed by atoms with van der Waals surface area (Å²) in [5, 5.41) is 3.41. The van der Waals surface area contributed by atoms with E-state index >= 15 is 4.39 Å². The number of amides is 2. The van der Waals surface area contributed by atoms with Crippen molar-refractivity contribution in [3.63, 3.8) is 0 Å². The van der Waals surface area contributed by atoms with Crippen LogP contribution in [0.1, 0.15) is 49.0 Å². The third-order valence-electron chi connectivity index (χ3n) is 7.55. The first-order chi connectivity index (χ1) is 19.8. The van der Waals surface area contributed by atoms with E-state index in [1.54, 1.807) is 24.1 Å². The number of carbonyl (C=O) groups excluding carboxylic acids is 2. The molecule has 232 valence electrons. The van der Waals surface area contributed by atoms with Gasteiger partial charge in [-0.3, -0.25) is 9.59 Å². The fourth-order valence-electron chi connectivity index (χ4n) is 5.50. The van der Waals surface area contributed by atoms with E-state index in [1.165, 1.54) is 12.1 Å². The van der Waals surface area contributed by atoms with Gasteiger partial charge >= 0.3 is 0 Å². The average Bonchev–Trinajstić information content (AvgIpc) is 2.97. The number of hydrogen-bond acceptors (Lipinski definition) is 6. The summed E-state index contributed by atoms with van der Waals surface area (Å²) in [6.45, 7) is 8.70. The molecule has 0 unspecified atom stereocenters. The second-order valence-corrected chi connectivity index (χ2v) is 11.7. The molecule has 2 aliphatic rings. The molecule has 8 nitrogen and oxygen atoms in total. The number of methoxy groups -OCH3 is 1. The zero-order valence-corrected chi connectivity index (χ0v) is 27.0. The van der Waals surface area contributed by atoms with E-state index in [9.17, 15) is 9.59 Å². The Bertz CT molecular complexity index is 1210. The van der Waals surface area contributed by atoms with Crippen molar-refractivity contribution >= 4 is 40.2 Å². The van der Waals surface area contributed by atoms with Crippen LogP contribution in [-0.2, 0) is 20.7 Å². The maximum atomic E-state index is 15.3. The lowest BCUT2D eigenvalue weighted by Crippen LogP contribution is -2.52. The minimum atomic E-state index is -0.461. The molecular formula is C31H42BrClFN3O5. The molecule has 42 heavy (non-hydrogen) atoms. The number of nitrogens with one attached hydrogen (secondary N) is 1. The predicted octanol–water partition coefficient (Wildman–Crippen LogP) is 5.10. The second kappa shape index (κ2) is 16.6. The van der Waals surface area contributed by atoms with Crippen LogP contribution in [-0.4, -0.2) is 93.4 Å². The molecule has 2 aromatic carbocycles. The fourth-order valence-corrected chi connectivity index (χ4v) is 5.98. The van der Waals surface area contributed by atoms with Gasteiger partial charge in [-0.2, -0.15) is 0 Å². The molecule has 2 amide bonds. The number of rotatable bonds is 11. The smallest absolute Gasteiger partial charge is 0.254 e. The molecule has 11 heteroatoms. The SMILES string of the molecule is COCCCOc1cc(CC(=O)N(C(C)C)[C@@H]2CCCNC2)c(Br)cc1-c1cc(C(=O)N2CCOCC2)ccc1F.Cl. The first kappa shape index (κ1) is 34.3. The van der Waals surface area contributed by atoms with E-state index in [-0.39, 0.29) is 48.3 Å². The van der Waals surface area contributed by atoms with Crippen molar-refractivity contribution in [2.45, 2.75) is 51.6 Å². The Morgan fingerprint density at radius 3 is 2.60 bits per heavy atom. The highest BCUT2D eigenvalue weighted by Crippen LogP contribution is 2.38. The van der Waals surface area contributed by atoms with E-state index in [2.05, 4.69) is 21.2 Å². The summed E-state index contributed by atoms with van der Waals surface area (Å²) < 4.78 is 32.7. The van der Waals surface area contributed by atoms with Gasteiger partial charge in [-0.05, 0) is 69.1 Å².